The first-order valence-electron chi connectivity index (χ1n) is 7.29. The second kappa shape index (κ2) is 5.54. The maximum Gasteiger partial charge on any atom is 0.337 e. The minimum atomic E-state index is -0.289. The first-order chi connectivity index (χ1) is 9.72. The first-order valence-corrected chi connectivity index (χ1v) is 7.29. The Labute approximate surface area is 119 Å². The van der Waals surface area contributed by atoms with Gasteiger partial charge in [0.05, 0.1) is 18.8 Å². The van der Waals surface area contributed by atoms with E-state index >= 15 is 0 Å². The zero-order valence-electron chi connectivity index (χ0n) is 12.0. The van der Waals surface area contributed by atoms with E-state index in [1.54, 1.807) is 0 Å². The quantitative estimate of drug-likeness (QED) is 0.857. The lowest BCUT2D eigenvalue weighted by atomic mass is 9.94. The molecule has 2 fully saturated rings. The number of piperidine rings is 1. The number of benzene rings is 1. The molecule has 0 amide bonds. The van der Waals surface area contributed by atoms with Crippen LogP contribution < -0.4 is 5.32 Å². The van der Waals surface area contributed by atoms with Crippen LogP contribution in [0.15, 0.2) is 24.3 Å². The molecule has 108 valence electrons. The fraction of sp³-hybridized carbons (Fsp3) is 0.562. The van der Waals surface area contributed by atoms with Gasteiger partial charge in [-0.05, 0) is 37.5 Å². The molecule has 4 unspecified atom stereocenters. The predicted molar refractivity (Wildman–Crippen MR) is 75.6 cm³/mol. The van der Waals surface area contributed by atoms with Crippen molar-refractivity contribution in [3.63, 3.8) is 0 Å². The Hall–Kier alpha value is -1.39. The van der Waals surface area contributed by atoms with Crippen LogP contribution in [0, 0.1) is 5.92 Å². The lowest BCUT2D eigenvalue weighted by Gasteiger charge is -2.30. The number of methoxy groups -OCH3 is 1. The number of fused-ring (bicyclic) bond motifs is 1. The Kier molecular flexibility index (Phi) is 3.76. The molecule has 1 aromatic rings. The first kappa shape index (κ1) is 13.6. The van der Waals surface area contributed by atoms with Gasteiger partial charge in [-0.15, -0.1) is 0 Å². The summed E-state index contributed by atoms with van der Waals surface area (Å²) in [7, 11) is 1.40. The maximum atomic E-state index is 11.4. The van der Waals surface area contributed by atoms with Crippen LogP contribution in [0.4, 0.5) is 0 Å². The molecule has 0 spiro atoms. The van der Waals surface area contributed by atoms with Crippen LogP contribution in [0.25, 0.3) is 0 Å². The topological polar surface area (TPSA) is 47.6 Å². The van der Waals surface area contributed by atoms with Crippen LogP contribution in [0.1, 0.15) is 41.7 Å². The molecule has 4 heteroatoms. The molecule has 2 aliphatic rings. The molecular weight excluding hydrogens is 254 g/mol. The molecule has 1 aromatic carbocycles. The smallest absolute Gasteiger partial charge is 0.337 e. The Morgan fingerprint density at radius 1 is 1.30 bits per heavy atom. The number of nitrogens with one attached hydrogen (secondary N) is 1. The third kappa shape index (κ3) is 2.58. The number of rotatable bonds is 4. The summed E-state index contributed by atoms with van der Waals surface area (Å²) in [5.74, 6) is 0.406. The van der Waals surface area contributed by atoms with E-state index in [0.717, 1.165) is 13.0 Å². The molecule has 4 nitrogen and oxygen atoms in total. The highest BCUT2D eigenvalue weighted by Gasteiger charge is 2.49. The highest BCUT2D eigenvalue weighted by molar-refractivity contribution is 5.89. The molecule has 1 heterocycles. The fourth-order valence-electron chi connectivity index (χ4n) is 3.16. The number of ether oxygens (including phenoxy) is 2. The highest BCUT2D eigenvalue weighted by Crippen LogP contribution is 2.44. The lowest BCUT2D eigenvalue weighted by molar-refractivity contribution is 0.0200. The van der Waals surface area contributed by atoms with E-state index in [1.165, 1.54) is 19.1 Å². The predicted octanol–water partition coefficient (Wildman–Crippen LogP) is 2.30. The van der Waals surface area contributed by atoms with Crippen LogP contribution in [0.5, 0.6) is 0 Å². The zero-order chi connectivity index (χ0) is 14.1. The molecule has 0 aromatic heterocycles. The van der Waals surface area contributed by atoms with Crippen molar-refractivity contribution in [2.75, 3.05) is 13.7 Å². The van der Waals surface area contributed by atoms with Crippen LogP contribution in [-0.2, 0) is 9.47 Å². The van der Waals surface area contributed by atoms with Crippen molar-refractivity contribution in [1.29, 1.82) is 0 Å². The van der Waals surface area contributed by atoms with Gasteiger partial charge in [-0.25, -0.2) is 4.79 Å². The second-order valence-electron chi connectivity index (χ2n) is 5.57. The van der Waals surface area contributed by atoms with Crippen molar-refractivity contribution in [3.8, 4) is 0 Å². The van der Waals surface area contributed by atoms with Gasteiger partial charge in [0.2, 0.25) is 0 Å². The SMILES string of the molecule is CCOC1CC(c2ccc(C(=O)OC)cc2)NC2CC21. The van der Waals surface area contributed by atoms with E-state index in [9.17, 15) is 4.79 Å². The van der Waals surface area contributed by atoms with Gasteiger partial charge in [0.25, 0.3) is 0 Å². The minimum Gasteiger partial charge on any atom is -0.465 e. The van der Waals surface area contributed by atoms with Gasteiger partial charge in [0, 0.05) is 24.6 Å². The second-order valence-corrected chi connectivity index (χ2v) is 5.57. The summed E-state index contributed by atoms with van der Waals surface area (Å²) < 4.78 is 10.6. The van der Waals surface area contributed by atoms with Gasteiger partial charge < -0.3 is 14.8 Å². The molecule has 1 aliphatic carbocycles. The molecule has 0 bridgehead atoms. The molecule has 20 heavy (non-hydrogen) atoms. The summed E-state index contributed by atoms with van der Waals surface area (Å²) in [6.45, 7) is 2.83. The van der Waals surface area contributed by atoms with Crippen molar-refractivity contribution in [1.82, 2.24) is 5.32 Å². The minimum absolute atomic E-state index is 0.289. The summed E-state index contributed by atoms with van der Waals surface area (Å²) in [6, 6.07) is 8.60. The van der Waals surface area contributed by atoms with Gasteiger partial charge in [-0.2, -0.15) is 0 Å². The number of carbonyl (C=O) groups is 1. The Morgan fingerprint density at radius 2 is 2.05 bits per heavy atom. The van der Waals surface area contributed by atoms with E-state index in [-0.39, 0.29) is 5.97 Å². The average Bonchev–Trinajstić information content (AvgIpc) is 3.26. The molecule has 0 radical (unpaired) electrons. The van der Waals surface area contributed by atoms with E-state index in [1.807, 2.05) is 24.3 Å². The van der Waals surface area contributed by atoms with Gasteiger partial charge in [0.15, 0.2) is 0 Å². The summed E-state index contributed by atoms with van der Waals surface area (Å²) in [5.41, 5.74) is 1.81. The molecule has 1 aliphatic heterocycles. The molecule has 1 saturated carbocycles. The van der Waals surface area contributed by atoms with Gasteiger partial charge in [-0.3, -0.25) is 0 Å². The Bertz CT molecular complexity index is 485. The van der Waals surface area contributed by atoms with Crippen molar-refractivity contribution in [3.05, 3.63) is 35.4 Å². The van der Waals surface area contributed by atoms with Crippen LogP contribution in [0.2, 0.25) is 0 Å². The monoisotopic (exact) mass is 275 g/mol. The van der Waals surface area contributed by atoms with Gasteiger partial charge in [-0.1, -0.05) is 12.1 Å². The largest absolute Gasteiger partial charge is 0.465 e. The highest BCUT2D eigenvalue weighted by atomic mass is 16.5. The fourth-order valence-corrected chi connectivity index (χ4v) is 3.16. The summed E-state index contributed by atoms with van der Waals surface area (Å²) in [4.78, 5) is 11.4. The standard InChI is InChI=1S/C16H21NO3/c1-3-20-15-9-13(17-14-8-12(14)15)10-4-6-11(7-5-10)16(18)19-2/h4-7,12-15,17H,3,8-9H2,1-2H3. The lowest BCUT2D eigenvalue weighted by Crippen LogP contribution is -2.37. The average molecular weight is 275 g/mol. The van der Waals surface area contributed by atoms with Gasteiger partial charge >= 0.3 is 5.97 Å². The number of hydrogen-bond donors (Lipinski definition) is 1. The molecular formula is C16H21NO3. The Morgan fingerprint density at radius 3 is 2.70 bits per heavy atom. The van der Waals surface area contributed by atoms with Crippen molar-refractivity contribution < 1.29 is 14.3 Å². The zero-order valence-corrected chi connectivity index (χ0v) is 12.0. The maximum absolute atomic E-state index is 11.4. The summed E-state index contributed by atoms with van der Waals surface area (Å²) in [5, 5.41) is 3.66. The van der Waals surface area contributed by atoms with E-state index in [2.05, 4.69) is 12.2 Å². The number of carbonyl (C=O) groups excluding carboxylic acids is 1. The number of esters is 1. The molecule has 3 rings (SSSR count). The van der Waals surface area contributed by atoms with E-state index in [4.69, 9.17) is 9.47 Å². The van der Waals surface area contributed by atoms with Gasteiger partial charge in [0.1, 0.15) is 0 Å². The third-order valence-corrected chi connectivity index (χ3v) is 4.32. The van der Waals surface area contributed by atoms with Crippen molar-refractivity contribution >= 4 is 5.97 Å². The molecule has 4 atom stereocenters. The van der Waals surface area contributed by atoms with E-state index in [0.29, 0.717) is 29.7 Å². The Balaban J connectivity index is 1.71. The number of hydrogen-bond acceptors (Lipinski definition) is 4. The molecule has 1 N–H and O–H groups in total. The normalized spacial score (nSPS) is 31.5. The summed E-state index contributed by atoms with van der Waals surface area (Å²) >= 11 is 0. The van der Waals surface area contributed by atoms with Crippen LogP contribution in [-0.4, -0.2) is 31.8 Å². The summed E-state index contributed by atoms with van der Waals surface area (Å²) in [6.07, 6.45) is 2.60. The van der Waals surface area contributed by atoms with Crippen molar-refractivity contribution in [2.24, 2.45) is 5.92 Å². The van der Waals surface area contributed by atoms with Crippen molar-refractivity contribution in [2.45, 2.75) is 38.0 Å². The van der Waals surface area contributed by atoms with E-state index < -0.39 is 0 Å². The van der Waals surface area contributed by atoms with Crippen LogP contribution in [0.3, 0.4) is 0 Å². The molecule has 1 saturated heterocycles. The third-order valence-electron chi connectivity index (χ3n) is 4.32. The van der Waals surface area contributed by atoms with Crippen LogP contribution >= 0.6 is 0 Å².